The van der Waals surface area contributed by atoms with Crippen LogP contribution in [0.3, 0.4) is 0 Å². The van der Waals surface area contributed by atoms with Crippen LogP contribution in [0.4, 0.5) is 4.39 Å². The Labute approximate surface area is 331 Å². The van der Waals surface area contributed by atoms with Gasteiger partial charge in [-0.3, -0.25) is 9.69 Å². The molecule has 12 heteroatoms. The number of halogens is 1. The molecular formula is C43H80FNO10. The number of carbonyl (C=O) groups is 1. The number of aliphatic carboxylic acids is 1. The smallest absolute Gasteiger partial charge is 0.317 e. The Morgan fingerprint density at radius 1 is 0.782 bits per heavy atom. The molecule has 8 atom stereocenters. The first-order valence-corrected chi connectivity index (χ1v) is 22.2. The topological polar surface area (TPSA) is 180 Å². The highest BCUT2D eigenvalue weighted by Crippen LogP contribution is 2.27. The van der Waals surface area contributed by atoms with Gasteiger partial charge in [0, 0.05) is 5.92 Å². The maximum absolute atomic E-state index is 15.2. The lowest BCUT2D eigenvalue weighted by molar-refractivity contribution is -0.303. The predicted molar refractivity (Wildman–Crippen MR) is 213 cm³/mol. The highest BCUT2D eigenvalue weighted by molar-refractivity contribution is 5.69. The molecule has 2 fully saturated rings. The number of ether oxygens (including phenoxy) is 2. The third-order valence-corrected chi connectivity index (χ3v) is 11.7. The van der Waals surface area contributed by atoms with Crippen molar-refractivity contribution < 1.29 is 54.4 Å². The fourth-order valence-electron chi connectivity index (χ4n) is 8.03. The molecule has 2 saturated heterocycles. The predicted octanol–water partition coefficient (Wildman–Crippen LogP) is 6.78. The monoisotopic (exact) mass is 790 g/mol. The van der Waals surface area contributed by atoms with E-state index in [9.17, 15) is 35.4 Å². The van der Waals surface area contributed by atoms with Gasteiger partial charge in [-0.2, -0.15) is 0 Å². The van der Waals surface area contributed by atoms with E-state index < -0.39 is 67.2 Å². The molecule has 2 rings (SSSR count). The number of piperidine rings is 1. The van der Waals surface area contributed by atoms with E-state index in [-0.39, 0.29) is 19.6 Å². The molecule has 0 bridgehead atoms. The first kappa shape index (κ1) is 49.9. The Morgan fingerprint density at radius 3 is 1.85 bits per heavy atom. The van der Waals surface area contributed by atoms with E-state index in [1.165, 1.54) is 83.1 Å². The second-order valence-corrected chi connectivity index (χ2v) is 16.5. The number of hydrogen-bond acceptors (Lipinski definition) is 10. The van der Waals surface area contributed by atoms with Gasteiger partial charge in [-0.1, -0.05) is 135 Å². The van der Waals surface area contributed by atoms with Gasteiger partial charge in [-0.25, -0.2) is 4.39 Å². The second-order valence-electron chi connectivity index (χ2n) is 16.5. The normalized spacial score (nSPS) is 24.6. The maximum Gasteiger partial charge on any atom is 0.317 e. The number of hydrogen-bond donors (Lipinski definition) is 7. The van der Waals surface area contributed by atoms with Crippen molar-refractivity contribution in [2.24, 2.45) is 11.8 Å². The first-order chi connectivity index (χ1) is 26.6. The minimum absolute atomic E-state index is 0.145. The van der Waals surface area contributed by atoms with Gasteiger partial charge in [0.1, 0.15) is 24.4 Å². The molecule has 55 heavy (non-hydrogen) atoms. The minimum Gasteiger partial charge on any atom is -0.480 e. The van der Waals surface area contributed by atoms with Crippen LogP contribution >= 0.6 is 0 Å². The molecule has 0 amide bonds. The molecule has 0 aromatic rings. The van der Waals surface area contributed by atoms with E-state index in [0.717, 1.165) is 77.3 Å². The molecule has 2 aliphatic heterocycles. The van der Waals surface area contributed by atoms with Crippen molar-refractivity contribution >= 4 is 5.97 Å². The molecule has 0 aliphatic carbocycles. The van der Waals surface area contributed by atoms with Crippen molar-refractivity contribution in [3.05, 3.63) is 11.9 Å². The molecule has 7 N–H and O–H groups in total. The van der Waals surface area contributed by atoms with Gasteiger partial charge in [0.25, 0.3) is 0 Å². The van der Waals surface area contributed by atoms with Crippen LogP contribution in [0, 0.1) is 11.8 Å². The number of nitrogens with zero attached hydrogens (tertiary/aromatic N) is 1. The van der Waals surface area contributed by atoms with Gasteiger partial charge in [0.2, 0.25) is 0 Å². The summed E-state index contributed by atoms with van der Waals surface area (Å²) < 4.78 is 26.4. The van der Waals surface area contributed by atoms with Gasteiger partial charge in [0.15, 0.2) is 6.29 Å². The molecule has 0 spiro atoms. The summed E-state index contributed by atoms with van der Waals surface area (Å²) in [4.78, 5) is 12.9. The van der Waals surface area contributed by atoms with Crippen LogP contribution in [0.15, 0.2) is 11.9 Å². The van der Waals surface area contributed by atoms with Gasteiger partial charge < -0.3 is 45.2 Å². The van der Waals surface area contributed by atoms with Crippen LogP contribution in [0.2, 0.25) is 0 Å². The molecule has 0 radical (unpaired) electrons. The standard InChI is InChI=1S/C43H80FNO10/c1-2-3-4-5-6-7-8-9-10-15-18-21-24-36(47)39(50)34(32-54-43-42(53)41(52)40(51)37(31-46)55-43)29-35(44)23-20-17-14-12-11-13-16-19-22-33-25-27-45(28-26-33)30-38(48)49/h29,33-34,36-37,39-43,46-47,50-53H,2-28,30-32H2,1H3,(H,48,49)/b35-29+/t34-,36+,37?,39-,40?,41?,42?,43?/m0/s1. The van der Waals surface area contributed by atoms with E-state index in [1.807, 2.05) is 4.90 Å². The average Bonchev–Trinajstić information content (AvgIpc) is 3.17. The van der Waals surface area contributed by atoms with E-state index in [0.29, 0.717) is 18.8 Å². The third kappa shape index (κ3) is 21.9. The summed E-state index contributed by atoms with van der Waals surface area (Å²) in [7, 11) is 0. The fourth-order valence-corrected chi connectivity index (χ4v) is 8.03. The van der Waals surface area contributed by atoms with Crippen LogP contribution in [0.1, 0.15) is 167 Å². The van der Waals surface area contributed by atoms with Crippen molar-refractivity contribution in [1.29, 1.82) is 0 Å². The number of allylic oxidation sites excluding steroid dienone is 1. The van der Waals surface area contributed by atoms with E-state index >= 15 is 4.39 Å². The molecule has 5 unspecified atom stereocenters. The molecule has 324 valence electrons. The zero-order chi connectivity index (χ0) is 40.3. The zero-order valence-corrected chi connectivity index (χ0v) is 34.2. The molecule has 0 aromatic carbocycles. The molecule has 11 nitrogen and oxygen atoms in total. The van der Waals surface area contributed by atoms with E-state index in [2.05, 4.69) is 6.92 Å². The Morgan fingerprint density at radius 2 is 1.31 bits per heavy atom. The molecular weight excluding hydrogens is 709 g/mol. The average molecular weight is 790 g/mol. The molecule has 2 aliphatic rings. The Hall–Kier alpha value is -1.22. The number of likely N-dealkylation sites (tertiary alicyclic amines) is 1. The highest BCUT2D eigenvalue weighted by atomic mass is 19.1. The fraction of sp³-hybridized carbons (Fsp3) is 0.930. The lowest BCUT2D eigenvalue weighted by Gasteiger charge is -2.40. The number of aliphatic hydroxyl groups is 6. The van der Waals surface area contributed by atoms with E-state index in [1.54, 1.807) is 0 Å². The maximum atomic E-state index is 15.2. The van der Waals surface area contributed by atoms with Gasteiger partial charge in [0.05, 0.1) is 37.8 Å². The highest BCUT2D eigenvalue weighted by Gasteiger charge is 2.44. The lowest BCUT2D eigenvalue weighted by Crippen LogP contribution is -2.59. The Balaban J connectivity index is 1.72. The Kier molecular flexibility index (Phi) is 28.0. The van der Waals surface area contributed by atoms with Gasteiger partial charge in [-0.15, -0.1) is 0 Å². The SMILES string of the molecule is CCCCCCCCCCCCCC[C@@H](O)[C@@H](O)[C@@H](/C=C(/F)CCCCCCCCCCC1CCN(CC(=O)O)CC1)COC1OC(CO)C(O)C(O)C1O. The van der Waals surface area contributed by atoms with Crippen molar-refractivity contribution in [2.75, 3.05) is 32.8 Å². The van der Waals surface area contributed by atoms with Crippen molar-refractivity contribution in [3.8, 4) is 0 Å². The molecule has 0 saturated carbocycles. The van der Waals surface area contributed by atoms with Crippen LogP contribution < -0.4 is 0 Å². The summed E-state index contributed by atoms with van der Waals surface area (Å²) in [5, 5.41) is 71.2. The largest absolute Gasteiger partial charge is 0.480 e. The summed E-state index contributed by atoms with van der Waals surface area (Å²) in [5.74, 6) is -1.40. The van der Waals surface area contributed by atoms with Gasteiger partial charge in [-0.05, 0) is 57.2 Å². The van der Waals surface area contributed by atoms with Crippen molar-refractivity contribution in [3.63, 3.8) is 0 Å². The summed E-state index contributed by atoms with van der Waals surface area (Å²) >= 11 is 0. The molecule has 2 heterocycles. The van der Waals surface area contributed by atoms with E-state index in [4.69, 9.17) is 14.6 Å². The minimum atomic E-state index is -1.62. The van der Waals surface area contributed by atoms with Gasteiger partial charge >= 0.3 is 5.97 Å². The summed E-state index contributed by atoms with van der Waals surface area (Å²) in [6.07, 6.45) is 18.0. The summed E-state index contributed by atoms with van der Waals surface area (Å²) in [6, 6.07) is 0. The Bertz CT molecular complexity index is 981. The van der Waals surface area contributed by atoms with Crippen LogP contribution in [-0.4, -0.2) is 122 Å². The molecule has 0 aromatic heterocycles. The second kappa shape index (κ2) is 30.8. The van der Waals surface area contributed by atoms with Crippen molar-refractivity contribution in [1.82, 2.24) is 4.90 Å². The third-order valence-electron chi connectivity index (χ3n) is 11.7. The first-order valence-electron chi connectivity index (χ1n) is 22.2. The van der Waals surface area contributed by atoms with Crippen molar-refractivity contribution in [2.45, 2.75) is 210 Å². The summed E-state index contributed by atoms with van der Waals surface area (Å²) in [5.41, 5.74) is 0. The number of unbranched alkanes of at least 4 members (excludes halogenated alkanes) is 18. The summed E-state index contributed by atoms with van der Waals surface area (Å²) in [6.45, 7) is 3.22. The lowest BCUT2D eigenvalue weighted by atomic mass is 9.91. The van der Waals surface area contributed by atoms with Crippen LogP contribution in [0.25, 0.3) is 0 Å². The van der Waals surface area contributed by atoms with Crippen LogP contribution in [0.5, 0.6) is 0 Å². The number of rotatable bonds is 33. The number of carboxylic acid groups (broad SMARTS) is 1. The zero-order valence-electron chi connectivity index (χ0n) is 34.2. The number of aliphatic hydroxyl groups excluding tert-OH is 6. The number of carboxylic acids is 1. The van der Waals surface area contributed by atoms with Crippen LogP contribution in [-0.2, 0) is 14.3 Å². The quantitative estimate of drug-likeness (QED) is 0.0349.